The Morgan fingerprint density at radius 3 is 2.53 bits per heavy atom. The van der Waals surface area contributed by atoms with Gasteiger partial charge < -0.3 is 0 Å². The quantitative estimate of drug-likeness (QED) is 0.328. The fraction of sp³-hybridized carbons (Fsp3) is 0.304. The molecule has 4 rings (SSSR count). The number of fused-ring (bicyclic) bond motifs is 3. The molecule has 4 aromatic rings. The number of ketones is 1. The Hall–Kier alpha value is -2.93. The largest absolute Gasteiger partial charge is 0.293 e. The molecular weight excluding hydrogens is 396 g/mol. The van der Waals surface area contributed by atoms with Crippen LogP contribution in [0.2, 0.25) is 0 Å². The minimum atomic E-state index is -0.0570. The van der Waals surface area contributed by atoms with Crippen LogP contribution in [0.15, 0.2) is 58.5 Å². The lowest BCUT2D eigenvalue weighted by atomic mass is 10.1. The van der Waals surface area contributed by atoms with Crippen molar-refractivity contribution in [1.82, 2.24) is 19.2 Å². The number of aromatic nitrogens is 4. The molecule has 0 aliphatic rings. The maximum atomic E-state index is 13.1. The first-order valence-corrected chi connectivity index (χ1v) is 11.0. The molecule has 0 fully saturated rings. The van der Waals surface area contributed by atoms with Gasteiger partial charge in [-0.25, -0.2) is 0 Å². The van der Waals surface area contributed by atoms with E-state index in [1.165, 1.54) is 11.8 Å². The monoisotopic (exact) mass is 420 g/mol. The van der Waals surface area contributed by atoms with Crippen molar-refractivity contribution < 1.29 is 4.79 Å². The molecule has 0 saturated carbocycles. The first-order valence-electron chi connectivity index (χ1n) is 10.0. The van der Waals surface area contributed by atoms with Gasteiger partial charge in [0.25, 0.3) is 5.56 Å². The molecule has 0 atom stereocenters. The first kappa shape index (κ1) is 20.3. The zero-order valence-electron chi connectivity index (χ0n) is 17.3. The van der Waals surface area contributed by atoms with Crippen LogP contribution in [0.1, 0.15) is 36.2 Å². The van der Waals surface area contributed by atoms with Crippen LogP contribution >= 0.6 is 11.8 Å². The van der Waals surface area contributed by atoms with Crippen LogP contribution in [0, 0.1) is 12.8 Å². The molecule has 2 heterocycles. The number of nitrogens with zero attached hydrogens (tertiary/aromatic N) is 4. The summed E-state index contributed by atoms with van der Waals surface area (Å²) in [5.74, 6) is 1.27. The molecule has 0 spiro atoms. The van der Waals surface area contributed by atoms with Gasteiger partial charge in [0.1, 0.15) is 0 Å². The Bertz CT molecular complexity index is 1270. The number of Topliss-reactive ketones (excluding diaryl/α,β-unsaturated/α-hetero) is 1. The lowest BCUT2D eigenvalue weighted by Gasteiger charge is -2.12. The second-order valence-electron chi connectivity index (χ2n) is 7.85. The van der Waals surface area contributed by atoms with E-state index in [-0.39, 0.29) is 17.1 Å². The maximum absolute atomic E-state index is 13.1. The SMILES string of the molecule is Cc1ccc(C(=O)CSc2nnc3n(CCC(C)C)c(=O)c4ccccc4n23)cc1. The Morgan fingerprint density at radius 2 is 1.80 bits per heavy atom. The van der Waals surface area contributed by atoms with Crippen molar-refractivity contribution in [2.24, 2.45) is 5.92 Å². The fourth-order valence-corrected chi connectivity index (χ4v) is 4.20. The highest BCUT2D eigenvalue weighted by atomic mass is 32.2. The molecule has 30 heavy (non-hydrogen) atoms. The number of para-hydroxylation sites is 1. The summed E-state index contributed by atoms with van der Waals surface area (Å²) >= 11 is 1.34. The van der Waals surface area contributed by atoms with Gasteiger partial charge in [-0.05, 0) is 31.4 Å². The number of aryl methyl sites for hydroxylation is 2. The molecule has 0 radical (unpaired) electrons. The second kappa shape index (κ2) is 8.44. The molecule has 0 bridgehead atoms. The van der Waals surface area contributed by atoms with Crippen LogP contribution in [-0.2, 0) is 6.54 Å². The van der Waals surface area contributed by atoms with Gasteiger partial charge in [0.05, 0.1) is 16.7 Å². The first-order chi connectivity index (χ1) is 14.5. The number of hydrogen-bond acceptors (Lipinski definition) is 5. The number of thioether (sulfide) groups is 1. The normalized spacial score (nSPS) is 11.6. The van der Waals surface area contributed by atoms with Crippen LogP contribution < -0.4 is 5.56 Å². The fourth-order valence-electron chi connectivity index (χ4n) is 3.37. The van der Waals surface area contributed by atoms with Gasteiger partial charge >= 0.3 is 0 Å². The summed E-state index contributed by atoms with van der Waals surface area (Å²) in [4.78, 5) is 25.7. The lowest BCUT2D eigenvalue weighted by Crippen LogP contribution is -2.24. The van der Waals surface area contributed by atoms with Crippen molar-refractivity contribution in [2.45, 2.75) is 38.9 Å². The van der Waals surface area contributed by atoms with E-state index in [9.17, 15) is 9.59 Å². The van der Waals surface area contributed by atoms with Crippen molar-refractivity contribution in [3.63, 3.8) is 0 Å². The minimum Gasteiger partial charge on any atom is -0.293 e. The van der Waals surface area contributed by atoms with Gasteiger partial charge in [-0.1, -0.05) is 67.6 Å². The molecular formula is C23H24N4O2S. The smallest absolute Gasteiger partial charge is 0.262 e. The summed E-state index contributed by atoms with van der Waals surface area (Å²) in [7, 11) is 0. The van der Waals surface area contributed by atoms with Gasteiger partial charge in [-0.15, -0.1) is 10.2 Å². The lowest BCUT2D eigenvalue weighted by molar-refractivity contribution is 0.102. The summed E-state index contributed by atoms with van der Waals surface area (Å²) in [6.45, 7) is 6.83. The summed E-state index contributed by atoms with van der Waals surface area (Å²) < 4.78 is 3.59. The molecule has 7 heteroatoms. The molecule has 6 nitrogen and oxygen atoms in total. The van der Waals surface area contributed by atoms with Crippen molar-refractivity contribution in [3.05, 3.63) is 70.0 Å². The average Bonchev–Trinajstić information content (AvgIpc) is 3.16. The minimum absolute atomic E-state index is 0.0363. The van der Waals surface area contributed by atoms with Crippen LogP contribution in [0.25, 0.3) is 16.7 Å². The molecule has 0 amide bonds. The third kappa shape index (κ3) is 3.89. The van der Waals surface area contributed by atoms with E-state index < -0.39 is 0 Å². The highest BCUT2D eigenvalue weighted by Crippen LogP contribution is 2.23. The van der Waals surface area contributed by atoms with Gasteiger partial charge in [0, 0.05) is 12.1 Å². The summed E-state index contributed by atoms with van der Waals surface area (Å²) in [6.07, 6.45) is 0.870. The third-order valence-electron chi connectivity index (χ3n) is 5.11. The molecule has 154 valence electrons. The number of carbonyl (C=O) groups excluding carboxylic acids is 1. The Balaban J connectivity index is 1.73. The molecule has 0 aliphatic heterocycles. The van der Waals surface area contributed by atoms with Gasteiger partial charge in [-0.3, -0.25) is 18.6 Å². The van der Waals surface area contributed by atoms with Crippen LogP contribution in [0.3, 0.4) is 0 Å². The highest BCUT2D eigenvalue weighted by Gasteiger charge is 2.18. The molecule has 2 aromatic carbocycles. The van der Waals surface area contributed by atoms with Gasteiger partial charge in [0.2, 0.25) is 5.78 Å². The zero-order chi connectivity index (χ0) is 21.3. The Labute approximate surface area is 178 Å². The van der Waals surface area contributed by atoms with Crippen molar-refractivity contribution in [1.29, 1.82) is 0 Å². The van der Waals surface area contributed by atoms with Crippen molar-refractivity contribution in [2.75, 3.05) is 5.75 Å². The van der Waals surface area contributed by atoms with Crippen molar-refractivity contribution >= 4 is 34.2 Å². The molecule has 0 aliphatic carbocycles. The average molecular weight is 421 g/mol. The zero-order valence-corrected chi connectivity index (χ0v) is 18.1. The highest BCUT2D eigenvalue weighted by molar-refractivity contribution is 7.99. The summed E-state index contributed by atoms with van der Waals surface area (Å²) in [5, 5.41) is 9.87. The van der Waals surface area contributed by atoms with Crippen LogP contribution in [0.5, 0.6) is 0 Å². The van der Waals surface area contributed by atoms with Crippen LogP contribution in [0.4, 0.5) is 0 Å². The van der Waals surface area contributed by atoms with E-state index in [0.717, 1.165) is 17.5 Å². The third-order valence-corrected chi connectivity index (χ3v) is 6.04. The van der Waals surface area contributed by atoms with E-state index in [4.69, 9.17) is 0 Å². The summed E-state index contributed by atoms with van der Waals surface area (Å²) in [6, 6.07) is 15.0. The topological polar surface area (TPSA) is 69.3 Å². The number of hydrogen-bond donors (Lipinski definition) is 0. The number of carbonyl (C=O) groups is 1. The van der Waals surface area contributed by atoms with E-state index in [1.807, 2.05) is 59.9 Å². The number of benzene rings is 2. The second-order valence-corrected chi connectivity index (χ2v) is 8.79. The van der Waals surface area contributed by atoms with Crippen LogP contribution in [-0.4, -0.2) is 30.7 Å². The van der Waals surface area contributed by atoms with E-state index in [1.54, 1.807) is 4.57 Å². The van der Waals surface area contributed by atoms with Gasteiger partial charge in [-0.2, -0.15) is 0 Å². The molecule has 0 unspecified atom stereocenters. The van der Waals surface area contributed by atoms with Crippen molar-refractivity contribution in [3.8, 4) is 0 Å². The summed E-state index contributed by atoms with van der Waals surface area (Å²) in [5.41, 5.74) is 2.50. The van der Waals surface area contributed by atoms with E-state index >= 15 is 0 Å². The van der Waals surface area contributed by atoms with E-state index in [2.05, 4.69) is 24.0 Å². The standard InChI is InChI=1S/C23H24N4O2S/c1-15(2)12-13-26-21(29)18-6-4-5-7-19(18)27-22(26)24-25-23(27)30-14-20(28)17-10-8-16(3)9-11-17/h4-11,15H,12-14H2,1-3H3. The Kier molecular flexibility index (Phi) is 5.72. The number of rotatable bonds is 7. The Morgan fingerprint density at radius 1 is 1.07 bits per heavy atom. The maximum Gasteiger partial charge on any atom is 0.262 e. The van der Waals surface area contributed by atoms with Gasteiger partial charge in [0.15, 0.2) is 10.9 Å². The molecule has 0 N–H and O–H groups in total. The molecule has 0 saturated heterocycles. The molecule has 2 aromatic heterocycles. The predicted molar refractivity (Wildman–Crippen MR) is 120 cm³/mol. The van der Waals surface area contributed by atoms with E-state index in [0.29, 0.717) is 34.3 Å². The predicted octanol–water partition coefficient (Wildman–Crippen LogP) is 4.37.